The van der Waals surface area contributed by atoms with Crippen molar-refractivity contribution in [1.82, 2.24) is 24.6 Å². The zero-order valence-electron chi connectivity index (χ0n) is 27.9. The topological polar surface area (TPSA) is 182 Å². The van der Waals surface area contributed by atoms with Gasteiger partial charge in [0.2, 0.25) is 5.95 Å². The van der Waals surface area contributed by atoms with Gasteiger partial charge in [0, 0.05) is 18.2 Å². The summed E-state index contributed by atoms with van der Waals surface area (Å²) in [6, 6.07) is 7.66. The van der Waals surface area contributed by atoms with Gasteiger partial charge in [-0.3, -0.25) is 23.7 Å². The van der Waals surface area contributed by atoms with Gasteiger partial charge in [-0.05, 0) is 69.1 Å². The largest absolute Gasteiger partial charge is 0.464 e. The van der Waals surface area contributed by atoms with Gasteiger partial charge in [0.25, 0.3) is 5.56 Å². The molecule has 0 radical (unpaired) electrons. The third-order valence-corrected chi connectivity index (χ3v) is 10.2. The molecule has 2 fully saturated rings. The molecule has 0 amide bonds. The van der Waals surface area contributed by atoms with Crippen LogP contribution in [0.25, 0.3) is 17.4 Å². The number of carbonyl (C=O) groups excluding carboxylic acids is 1. The number of ether oxygens (including phenoxy) is 3. The van der Waals surface area contributed by atoms with Crippen molar-refractivity contribution < 1.29 is 32.6 Å². The lowest BCUT2D eigenvalue weighted by atomic mass is 9.99. The van der Waals surface area contributed by atoms with Crippen LogP contribution in [0.4, 0.5) is 5.95 Å². The molecule has 5 rings (SSSR count). The zero-order chi connectivity index (χ0) is 34.1. The van der Waals surface area contributed by atoms with Crippen LogP contribution in [0.15, 0.2) is 47.0 Å². The molecule has 2 aromatic heterocycles. The first-order valence-corrected chi connectivity index (χ1v) is 18.3. The predicted octanol–water partition coefficient (Wildman–Crippen LogP) is 5.42. The molecule has 3 aromatic rings. The summed E-state index contributed by atoms with van der Waals surface area (Å²) >= 11 is 0. The van der Waals surface area contributed by atoms with Gasteiger partial charge in [-0.15, -0.1) is 0 Å². The number of anilines is 1. The van der Waals surface area contributed by atoms with Crippen molar-refractivity contribution in [1.29, 1.82) is 0 Å². The van der Waals surface area contributed by atoms with Gasteiger partial charge in [-0.25, -0.2) is 9.55 Å². The smallest absolute Gasteiger partial charge is 0.459 e. The summed E-state index contributed by atoms with van der Waals surface area (Å²) in [5, 5.41) is 2.81. The minimum Gasteiger partial charge on any atom is -0.464 e. The van der Waals surface area contributed by atoms with E-state index < -0.39 is 30.7 Å². The van der Waals surface area contributed by atoms with E-state index in [9.17, 15) is 14.2 Å². The molecule has 3 heterocycles. The molecule has 1 aliphatic heterocycles. The van der Waals surface area contributed by atoms with Crippen molar-refractivity contribution in [2.45, 2.75) is 84.5 Å². The van der Waals surface area contributed by atoms with E-state index in [2.05, 4.69) is 33.9 Å². The summed E-state index contributed by atoms with van der Waals surface area (Å²) in [6.07, 6.45) is 10.1. The summed E-state index contributed by atoms with van der Waals surface area (Å²) in [6.45, 7) is 6.85. The van der Waals surface area contributed by atoms with Crippen molar-refractivity contribution in [3.8, 4) is 5.75 Å². The first kappa shape index (κ1) is 35.7. The molecule has 4 N–H and O–H groups in total. The maximum Gasteiger partial charge on any atom is 0.459 e. The fraction of sp³-hybridized carbons (Fsp3) is 0.576. The third kappa shape index (κ3) is 9.32. The van der Waals surface area contributed by atoms with Gasteiger partial charge in [-0.1, -0.05) is 44.9 Å². The summed E-state index contributed by atoms with van der Waals surface area (Å²) in [5.74, 6) is 0.0114. The highest BCUT2D eigenvalue weighted by molar-refractivity contribution is 7.52. The number of esters is 1. The number of imidazole rings is 1. The number of hydrogen-bond acceptors (Lipinski definition) is 11. The molecule has 1 saturated carbocycles. The van der Waals surface area contributed by atoms with Crippen LogP contribution in [0, 0.1) is 11.3 Å². The number of benzene rings is 1. The van der Waals surface area contributed by atoms with E-state index in [1.165, 1.54) is 6.33 Å². The Hall–Kier alpha value is -3.55. The second-order valence-corrected chi connectivity index (χ2v) is 14.3. The Balaban J connectivity index is 1.35. The van der Waals surface area contributed by atoms with Gasteiger partial charge < -0.3 is 24.5 Å². The van der Waals surface area contributed by atoms with Crippen LogP contribution < -0.4 is 20.9 Å². The lowest BCUT2D eigenvalue weighted by Crippen LogP contribution is -2.36. The van der Waals surface area contributed by atoms with E-state index in [0.717, 1.165) is 50.5 Å². The van der Waals surface area contributed by atoms with E-state index >= 15 is 0 Å². The van der Waals surface area contributed by atoms with Crippen molar-refractivity contribution in [3.63, 3.8) is 0 Å². The summed E-state index contributed by atoms with van der Waals surface area (Å²) in [7, 11) is -4.14. The van der Waals surface area contributed by atoms with Crippen molar-refractivity contribution in [3.05, 3.63) is 52.6 Å². The number of aromatic amines is 1. The molecule has 48 heavy (non-hydrogen) atoms. The van der Waals surface area contributed by atoms with Crippen LogP contribution in [-0.4, -0.2) is 64.2 Å². The number of rotatable bonds is 18. The molecule has 0 spiro atoms. The molecule has 1 aromatic carbocycles. The average molecular weight is 687 g/mol. The number of nitrogen functional groups attached to an aromatic ring is 1. The number of nitrogens with two attached hydrogens (primary N) is 1. The summed E-state index contributed by atoms with van der Waals surface area (Å²) in [4.78, 5) is 36.3. The molecule has 15 heteroatoms. The first-order chi connectivity index (χ1) is 23.1. The maximum atomic E-state index is 14.4. The predicted molar refractivity (Wildman–Crippen MR) is 181 cm³/mol. The van der Waals surface area contributed by atoms with Gasteiger partial charge in [-0.2, -0.15) is 10.1 Å². The Morgan fingerprint density at radius 2 is 2.00 bits per heavy atom. The third-order valence-electron chi connectivity index (χ3n) is 8.55. The van der Waals surface area contributed by atoms with Crippen LogP contribution in [0.1, 0.15) is 72.1 Å². The van der Waals surface area contributed by atoms with Crippen LogP contribution in [0.5, 0.6) is 5.75 Å². The number of nitrogens with one attached hydrogen (secondary N) is 2. The van der Waals surface area contributed by atoms with Gasteiger partial charge in [0.05, 0.1) is 19.8 Å². The Morgan fingerprint density at radius 3 is 2.71 bits per heavy atom. The highest BCUT2D eigenvalue weighted by atomic mass is 31.2. The molecule has 262 valence electrons. The Labute approximate surface area is 280 Å². The maximum absolute atomic E-state index is 14.4. The number of carbonyl (C=O) groups is 1. The molecule has 14 nitrogen and oxygen atoms in total. The first-order valence-electron chi connectivity index (χ1n) is 16.7. The van der Waals surface area contributed by atoms with E-state index in [-0.39, 0.29) is 36.9 Å². The lowest BCUT2D eigenvalue weighted by molar-refractivity contribution is -0.171. The van der Waals surface area contributed by atoms with Crippen molar-refractivity contribution >= 4 is 37.0 Å². The number of aromatic nitrogens is 4. The quantitative estimate of drug-likeness (QED) is 0.114. The fourth-order valence-electron chi connectivity index (χ4n) is 5.79. The molecule has 4 atom stereocenters. The Kier molecular flexibility index (Phi) is 12.1. The van der Waals surface area contributed by atoms with Gasteiger partial charge in [0.15, 0.2) is 17.5 Å². The number of H-pyrrole nitrogens is 1. The summed E-state index contributed by atoms with van der Waals surface area (Å²) in [5.41, 5.74) is 5.98. The second-order valence-electron chi connectivity index (χ2n) is 12.6. The molecular formula is C33H47N6O8P. The molecule has 0 bridgehead atoms. The summed E-state index contributed by atoms with van der Waals surface area (Å²) < 4.78 is 45.7. The number of para-hydroxylation sites is 1. The zero-order valence-corrected chi connectivity index (χ0v) is 28.8. The molecule has 4 unspecified atom stereocenters. The van der Waals surface area contributed by atoms with Crippen LogP contribution in [0.3, 0.4) is 0 Å². The van der Waals surface area contributed by atoms with Crippen LogP contribution in [0.2, 0.25) is 0 Å². The Morgan fingerprint density at radius 1 is 1.23 bits per heavy atom. The molecule has 1 aliphatic carbocycles. The second kappa shape index (κ2) is 16.2. The van der Waals surface area contributed by atoms with Crippen LogP contribution in [-0.2, 0) is 28.1 Å². The van der Waals surface area contributed by atoms with E-state index in [4.69, 9.17) is 29.0 Å². The van der Waals surface area contributed by atoms with Crippen LogP contribution >= 0.6 is 7.75 Å². The van der Waals surface area contributed by atoms with Gasteiger partial charge in [0.1, 0.15) is 18.1 Å². The van der Waals surface area contributed by atoms with E-state index in [1.807, 2.05) is 6.07 Å². The SMILES string of the molecule is CCCC(CCC)COC(=O)C(C)NP(=O)(OCC1(COC2CCCCO2)C/C1=C/n1cnc2c(=O)[nH]c(N)nc21)Oc1ccccc1. The van der Waals surface area contributed by atoms with Gasteiger partial charge >= 0.3 is 13.7 Å². The fourth-order valence-corrected chi connectivity index (χ4v) is 7.37. The number of fused-ring (bicyclic) bond motifs is 1. The monoisotopic (exact) mass is 686 g/mol. The molecular weight excluding hydrogens is 639 g/mol. The molecule has 2 aliphatic rings. The molecule has 1 saturated heterocycles. The number of hydrogen-bond donors (Lipinski definition) is 3. The normalized spacial score (nSPS) is 22.1. The average Bonchev–Trinajstić information content (AvgIpc) is 3.61. The minimum atomic E-state index is -4.14. The standard InChI is InChI=1S/C33H47N6O8P/c1-4-11-24(12-5-2)19-44-31(41)23(3)38-48(42,47-26-13-7-6-8-14-26)46-21-33(20-45-27-15-9-10-16-43-27)17-25(33)18-39-22-35-28-29(39)36-32(34)37-30(28)40/h6-8,13-14,18,22-24,27H,4-5,9-12,15-17,19-21H2,1-3H3,(H,38,42)(H3,34,36,37,40)/b25-18-. The van der Waals surface area contributed by atoms with Crippen molar-refractivity contribution in [2.75, 3.05) is 32.2 Å². The van der Waals surface area contributed by atoms with Crippen molar-refractivity contribution in [2.24, 2.45) is 11.3 Å². The highest BCUT2D eigenvalue weighted by Crippen LogP contribution is 2.57. The minimum absolute atomic E-state index is 0.0280. The lowest BCUT2D eigenvalue weighted by Gasteiger charge is -2.27. The van der Waals surface area contributed by atoms with E-state index in [0.29, 0.717) is 31.0 Å². The Bertz CT molecular complexity index is 1650. The highest BCUT2D eigenvalue weighted by Gasteiger charge is 2.52. The number of nitrogens with zero attached hydrogens (tertiary/aromatic N) is 3. The van der Waals surface area contributed by atoms with E-state index in [1.54, 1.807) is 42.0 Å².